The van der Waals surface area contributed by atoms with Gasteiger partial charge < -0.3 is 4.90 Å². The Morgan fingerprint density at radius 3 is 2.86 bits per heavy atom. The topological polar surface area (TPSA) is 72.2 Å². The molecule has 7 heteroatoms. The summed E-state index contributed by atoms with van der Waals surface area (Å²) in [7, 11) is 1.93. The normalized spacial score (nSPS) is 10.8. The number of non-ortho nitro benzene ring substituents is 1. The zero-order valence-corrected chi connectivity index (χ0v) is 13.0. The van der Waals surface area contributed by atoms with Crippen LogP contribution in [-0.2, 0) is 6.54 Å². The van der Waals surface area contributed by atoms with Crippen molar-refractivity contribution in [2.75, 3.05) is 11.9 Å². The molecule has 0 aliphatic heterocycles. The Labute approximate surface area is 131 Å². The van der Waals surface area contributed by atoms with Crippen molar-refractivity contribution in [2.45, 2.75) is 13.5 Å². The van der Waals surface area contributed by atoms with E-state index in [2.05, 4.69) is 9.97 Å². The van der Waals surface area contributed by atoms with Gasteiger partial charge in [0.15, 0.2) is 0 Å². The lowest BCUT2D eigenvalue weighted by Gasteiger charge is -2.19. The molecule has 1 aromatic carbocycles. The molecule has 2 aromatic heterocycles. The van der Waals surface area contributed by atoms with Crippen LogP contribution in [0.25, 0.3) is 10.9 Å². The van der Waals surface area contributed by atoms with Gasteiger partial charge in [-0.2, -0.15) is 0 Å². The van der Waals surface area contributed by atoms with Gasteiger partial charge in [0.25, 0.3) is 5.69 Å². The number of aromatic nitrogens is 2. The zero-order chi connectivity index (χ0) is 15.7. The molecule has 0 atom stereocenters. The number of pyridine rings is 1. The second kappa shape index (κ2) is 5.69. The molecule has 0 bridgehead atoms. The number of hydrogen-bond acceptors (Lipinski definition) is 6. The summed E-state index contributed by atoms with van der Waals surface area (Å²) in [6.45, 7) is 2.60. The standard InChI is InChI=1S/C15H14N4O2S/c1-10-17-11(9-22-10)8-18(2)14-6-5-13(19(20)21)12-4-3-7-16-15(12)14/h3-7,9H,8H2,1-2H3. The van der Waals surface area contributed by atoms with Crippen molar-refractivity contribution >= 4 is 33.6 Å². The third-order valence-corrected chi connectivity index (χ3v) is 4.22. The highest BCUT2D eigenvalue weighted by atomic mass is 32.1. The molecule has 0 amide bonds. The van der Waals surface area contributed by atoms with E-state index in [0.717, 1.165) is 16.4 Å². The van der Waals surface area contributed by atoms with Crippen molar-refractivity contribution in [1.82, 2.24) is 9.97 Å². The van der Waals surface area contributed by atoms with Crippen LogP contribution in [0.15, 0.2) is 35.8 Å². The maximum Gasteiger partial charge on any atom is 0.278 e. The lowest BCUT2D eigenvalue weighted by molar-refractivity contribution is -0.383. The summed E-state index contributed by atoms with van der Waals surface area (Å²) in [6.07, 6.45) is 1.65. The highest BCUT2D eigenvalue weighted by molar-refractivity contribution is 7.09. The van der Waals surface area contributed by atoms with Crippen LogP contribution in [-0.4, -0.2) is 21.9 Å². The summed E-state index contributed by atoms with van der Waals surface area (Å²) < 4.78 is 0. The van der Waals surface area contributed by atoms with Crippen molar-refractivity contribution in [3.8, 4) is 0 Å². The van der Waals surface area contributed by atoms with E-state index in [1.165, 1.54) is 6.07 Å². The fraction of sp³-hybridized carbons (Fsp3) is 0.200. The van der Waals surface area contributed by atoms with Crippen LogP contribution in [0.5, 0.6) is 0 Å². The summed E-state index contributed by atoms with van der Waals surface area (Å²) in [5.41, 5.74) is 2.54. The van der Waals surface area contributed by atoms with Gasteiger partial charge in [-0.1, -0.05) is 0 Å². The predicted octanol–water partition coefficient (Wildman–Crippen LogP) is 3.54. The number of aryl methyl sites for hydroxylation is 1. The molecule has 0 radical (unpaired) electrons. The van der Waals surface area contributed by atoms with Gasteiger partial charge in [0.2, 0.25) is 0 Å². The van der Waals surface area contributed by atoms with Crippen LogP contribution in [0.2, 0.25) is 0 Å². The summed E-state index contributed by atoms with van der Waals surface area (Å²) in [4.78, 5) is 21.6. The van der Waals surface area contributed by atoms with Gasteiger partial charge in [0, 0.05) is 24.7 Å². The van der Waals surface area contributed by atoms with Crippen LogP contribution < -0.4 is 4.90 Å². The quantitative estimate of drug-likeness (QED) is 0.544. The Hall–Kier alpha value is -2.54. The molecule has 0 saturated carbocycles. The third-order valence-electron chi connectivity index (χ3n) is 3.40. The molecule has 0 N–H and O–H groups in total. The van der Waals surface area contributed by atoms with Gasteiger partial charge in [-0.15, -0.1) is 11.3 Å². The van der Waals surface area contributed by atoms with Gasteiger partial charge in [0.05, 0.1) is 33.2 Å². The molecular formula is C15H14N4O2S. The van der Waals surface area contributed by atoms with Gasteiger partial charge in [0.1, 0.15) is 5.52 Å². The van der Waals surface area contributed by atoms with Crippen LogP contribution >= 0.6 is 11.3 Å². The summed E-state index contributed by atoms with van der Waals surface area (Å²) >= 11 is 1.61. The molecule has 3 rings (SSSR count). The Morgan fingerprint density at radius 1 is 1.36 bits per heavy atom. The van der Waals surface area contributed by atoms with E-state index in [1.54, 1.807) is 35.7 Å². The van der Waals surface area contributed by atoms with E-state index in [4.69, 9.17) is 0 Å². The molecule has 0 unspecified atom stereocenters. The number of thiazole rings is 1. The highest BCUT2D eigenvalue weighted by Crippen LogP contribution is 2.32. The van der Waals surface area contributed by atoms with Crippen LogP contribution in [0.3, 0.4) is 0 Å². The zero-order valence-electron chi connectivity index (χ0n) is 12.2. The lowest BCUT2D eigenvalue weighted by Crippen LogP contribution is -2.17. The van der Waals surface area contributed by atoms with Crippen LogP contribution in [0.4, 0.5) is 11.4 Å². The Balaban J connectivity index is 2.03. The first-order valence-electron chi connectivity index (χ1n) is 6.70. The maximum absolute atomic E-state index is 11.1. The van der Waals surface area contributed by atoms with Crippen molar-refractivity contribution in [1.29, 1.82) is 0 Å². The molecule has 22 heavy (non-hydrogen) atoms. The number of nitrogens with zero attached hydrogens (tertiary/aromatic N) is 4. The first-order valence-corrected chi connectivity index (χ1v) is 7.58. The molecule has 0 fully saturated rings. The summed E-state index contributed by atoms with van der Waals surface area (Å²) in [5.74, 6) is 0. The van der Waals surface area contributed by atoms with E-state index < -0.39 is 0 Å². The van der Waals surface area contributed by atoms with Crippen LogP contribution in [0.1, 0.15) is 10.7 Å². The van der Waals surface area contributed by atoms with Crippen LogP contribution in [0, 0.1) is 17.0 Å². The van der Waals surface area contributed by atoms with Crippen molar-refractivity contribution < 1.29 is 4.92 Å². The number of benzene rings is 1. The minimum Gasteiger partial charge on any atom is -0.367 e. The summed E-state index contributed by atoms with van der Waals surface area (Å²) in [6, 6.07) is 6.71. The maximum atomic E-state index is 11.1. The number of anilines is 1. The first-order chi connectivity index (χ1) is 10.6. The van der Waals surface area contributed by atoms with E-state index >= 15 is 0 Å². The van der Waals surface area contributed by atoms with Gasteiger partial charge >= 0.3 is 0 Å². The monoisotopic (exact) mass is 314 g/mol. The average Bonchev–Trinajstić information content (AvgIpc) is 2.90. The number of nitro groups is 1. The van der Waals surface area contributed by atoms with E-state index in [9.17, 15) is 10.1 Å². The molecular weight excluding hydrogens is 300 g/mol. The fourth-order valence-electron chi connectivity index (χ4n) is 2.42. The van der Waals surface area contributed by atoms with E-state index in [-0.39, 0.29) is 10.6 Å². The highest BCUT2D eigenvalue weighted by Gasteiger charge is 2.17. The smallest absolute Gasteiger partial charge is 0.278 e. The minimum atomic E-state index is -0.377. The molecule has 6 nitrogen and oxygen atoms in total. The van der Waals surface area contributed by atoms with Gasteiger partial charge in [-0.05, 0) is 25.1 Å². The third kappa shape index (κ3) is 2.62. The Morgan fingerprint density at radius 2 is 2.18 bits per heavy atom. The number of fused-ring (bicyclic) bond motifs is 1. The molecule has 2 heterocycles. The average molecular weight is 314 g/mol. The number of nitro benzene ring substituents is 1. The van der Waals surface area contributed by atoms with E-state index in [1.807, 2.05) is 24.3 Å². The van der Waals surface area contributed by atoms with Crippen molar-refractivity contribution in [3.05, 3.63) is 56.7 Å². The van der Waals surface area contributed by atoms with Crippen molar-refractivity contribution in [2.24, 2.45) is 0 Å². The lowest BCUT2D eigenvalue weighted by atomic mass is 10.1. The Bertz CT molecular complexity index is 846. The molecule has 0 aliphatic carbocycles. The van der Waals surface area contributed by atoms with E-state index in [0.29, 0.717) is 17.4 Å². The second-order valence-electron chi connectivity index (χ2n) is 4.97. The number of hydrogen-bond donors (Lipinski definition) is 0. The van der Waals surface area contributed by atoms with Gasteiger partial charge in [-0.25, -0.2) is 4.98 Å². The molecule has 112 valence electrons. The van der Waals surface area contributed by atoms with Gasteiger partial charge in [-0.3, -0.25) is 15.1 Å². The SMILES string of the molecule is Cc1nc(CN(C)c2ccc([N+](=O)[O-])c3cccnc23)cs1. The second-order valence-corrected chi connectivity index (χ2v) is 6.04. The minimum absolute atomic E-state index is 0.0738. The molecule has 0 spiro atoms. The molecule has 0 saturated heterocycles. The predicted molar refractivity (Wildman–Crippen MR) is 87.4 cm³/mol. The Kier molecular flexibility index (Phi) is 3.72. The van der Waals surface area contributed by atoms with Crippen molar-refractivity contribution in [3.63, 3.8) is 0 Å². The first kappa shape index (κ1) is 14.4. The summed E-state index contributed by atoms with van der Waals surface area (Å²) in [5, 5.41) is 14.7. The molecule has 0 aliphatic rings. The molecule has 3 aromatic rings. The largest absolute Gasteiger partial charge is 0.367 e. The number of rotatable bonds is 4. The fourth-order valence-corrected chi connectivity index (χ4v) is 3.02.